The second-order valence-electron chi connectivity index (χ2n) is 9.68. The molecular formula is C29H33N3O3. The van der Waals surface area contributed by atoms with Gasteiger partial charge in [-0.05, 0) is 68.0 Å². The van der Waals surface area contributed by atoms with Gasteiger partial charge in [0.05, 0.1) is 24.0 Å². The maximum atomic E-state index is 12.6. The van der Waals surface area contributed by atoms with Crippen LogP contribution in [-0.4, -0.2) is 47.4 Å². The molecule has 1 N–H and O–H groups in total. The molecule has 1 aliphatic heterocycles. The van der Waals surface area contributed by atoms with Crippen LogP contribution >= 0.6 is 0 Å². The predicted molar refractivity (Wildman–Crippen MR) is 138 cm³/mol. The highest BCUT2D eigenvalue weighted by atomic mass is 16.5. The lowest BCUT2D eigenvalue weighted by Gasteiger charge is -2.25. The lowest BCUT2D eigenvalue weighted by molar-refractivity contribution is -0.128. The zero-order valence-electron chi connectivity index (χ0n) is 20.8. The van der Waals surface area contributed by atoms with Gasteiger partial charge in [0.25, 0.3) is 0 Å². The minimum atomic E-state index is -0.191. The van der Waals surface area contributed by atoms with Gasteiger partial charge >= 0.3 is 0 Å². The molecule has 35 heavy (non-hydrogen) atoms. The summed E-state index contributed by atoms with van der Waals surface area (Å²) >= 11 is 0. The van der Waals surface area contributed by atoms with E-state index in [1.807, 2.05) is 45.0 Å². The topological polar surface area (TPSA) is 85.9 Å². The molecule has 1 fully saturated rings. The molecule has 2 aliphatic rings. The minimum Gasteiger partial charge on any atom is -0.490 e. The van der Waals surface area contributed by atoms with Gasteiger partial charge in [-0.15, -0.1) is 0 Å². The Balaban J connectivity index is 1.65. The van der Waals surface area contributed by atoms with E-state index in [4.69, 9.17) is 9.73 Å². The summed E-state index contributed by atoms with van der Waals surface area (Å²) in [6, 6.07) is 14.1. The molecule has 6 heteroatoms. The first kappa shape index (κ1) is 24.7. The summed E-state index contributed by atoms with van der Waals surface area (Å²) in [6.07, 6.45) is 2.95. The highest BCUT2D eigenvalue weighted by Crippen LogP contribution is 2.47. The van der Waals surface area contributed by atoms with E-state index in [-0.39, 0.29) is 24.0 Å². The molecule has 182 valence electrons. The number of β-amino-alcohol motifs (C(OH)–C–C–N with tert-alkyl or cyclic N) is 1. The number of hydrogen-bond donors (Lipinski definition) is 1. The molecule has 0 bridgehead atoms. The van der Waals surface area contributed by atoms with Gasteiger partial charge in [0.15, 0.2) is 0 Å². The Kier molecular flexibility index (Phi) is 7.09. The summed E-state index contributed by atoms with van der Waals surface area (Å²) in [5, 5.41) is 18.9. The van der Waals surface area contributed by atoms with Gasteiger partial charge < -0.3 is 14.7 Å². The van der Waals surface area contributed by atoms with Crippen LogP contribution in [-0.2, 0) is 16.6 Å². The summed E-state index contributed by atoms with van der Waals surface area (Å²) in [5.74, 6) is 0.689. The number of benzene rings is 2. The van der Waals surface area contributed by atoms with Gasteiger partial charge in [-0.1, -0.05) is 31.7 Å². The summed E-state index contributed by atoms with van der Waals surface area (Å²) in [6.45, 7) is 11.2. The van der Waals surface area contributed by atoms with Crippen molar-refractivity contribution in [3.63, 3.8) is 0 Å². The number of aliphatic hydroxyl groups excluding tert-OH is 1. The van der Waals surface area contributed by atoms with Crippen molar-refractivity contribution in [3.8, 4) is 11.8 Å². The molecule has 1 heterocycles. The largest absolute Gasteiger partial charge is 0.490 e. The van der Waals surface area contributed by atoms with Crippen LogP contribution in [0.25, 0.3) is 5.70 Å². The maximum Gasteiger partial charge on any atom is 0.223 e. The van der Waals surface area contributed by atoms with Crippen LogP contribution < -0.4 is 4.74 Å². The number of fused-ring (bicyclic) bond motifs is 2. The molecule has 4 rings (SSSR count). The number of rotatable bonds is 8. The summed E-state index contributed by atoms with van der Waals surface area (Å²) < 4.78 is 5.76. The number of carbonyl (C=O) groups is 1. The number of amides is 1. The van der Waals surface area contributed by atoms with Gasteiger partial charge in [0.2, 0.25) is 5.91 Å². The molecule has 1 amide bonds. The Morgan fingerprint density at radius 3 is 2.83 bits per heavy atom. The number of nitrogens with zero attached hydrogens (tertiary/aromatic N) is 3. The molecule has 0 radical (unpaired) electrons. The van der Waals surface area contributed by atoms with Crippen molar-refractivity contribution in [1.29, 1.82) is 5.26 Å². The Hall–Kier alpha value is -3.43. The number of hydrogen-bond acceptors (Lipinski definition) is 5. The van der Waals surface area contributed by atoms with E-state index in [1.165, 1.54) is 11.1 Å². The third-order valence-corrected chi connectivity index (χ3v) is 7.02. The standard InChI is InChI=1S/C29H33N3O3/c1-5-26(21-9-10-27(35-19(2)3)22(15-21)17-30)31-20(4)23-7-6-8-25-24(23)11-12-29(25)16-28(34)32(18-29)13-14-33/h6-10,15,19,33H,4-5,11-14,16,18H2,1-3H3/b31-26+. The first-order chi connectivity index (χ1) is 16.8. The second kappa shape index (κ2) is 10.1. The number of ether oxygens (including phenoxy) is 1. The molecular weight excluding hydrogens is 438 g/mol. The molecule has 1 atom stereocenters. The van der Waals surface area contributed by atoms with E-state index in [1.54, 1.807) is 4.90 Å². The zero-order chi connectivity index (χ0) is 25.2. The SMILES string of the molecule is C=C(/N=C(\CC)c1ccc(OC(C)C)c(C#N)c1)c1cccc2c1CCC21CC(=O)N(CCO)C1. The van der Waals surface area contributed by atoms with Crippen molar-refractivity contribution in [3.05, 3.63) is 70.8 Å². The molecule has 0 aromatic heterocycles. The number of likely N-dealkylation sites (tertiary alicyclic amines) is 1. The molecule has 6 nitrogen and oxygen atoms in total. The smallest absolute Gasteiger partial charge is 0.223 e. The average Bonchev–Trinajstić information content (AvgIpc) is 3.36. The van der Waals surface area contributed by atoms with Gasteiger partial charge in [0, 0.05) is 36.2 Å². The highest BCUT2D eigenvalue weighted by molar-refractivity contribution is 6.03. The molecule has 2 aromatic rings. The van der Waals surface area contributed by atoms with E-state index in [0.29, 0.717) is 42.9 Å². The lowest BCUT2D eigenvalue weighted by Crippen LogP contribution is -2.32. The fourth-order valence-corrected chi connectivity index (χ4v) is 5.43. The summed E-state index contributed by atoms with van der Waals surface area (Å²) in [7, 11) is 0. The first-order valence-electron chi connectivity index (χ1n) is 12.3. The molecule has 1 saturated heterocycles. The fourth-order valence-electron chi connectivity index (χ4n) is 5.43. The molecule has 1 aliphatic carbocycles. The number of aliphatic imine (C=N–C) groups is 1. The Morgan fingerprint density at radius 1 is 1.34 bits per heavy atom. The quantitative estimate of drug-likeness (QED) is 0.569. The highest BCUT2D eigenvalue weighted by Gasteiger charge is 2.48. The fraction of sp³-hybridized carbons (Fsp3) is 0.414. The van der Waals surface area contributed by atoms with Crippen LogP contribution in [0, 0.1) is 11.3 Å². The second-order valence-corrected chi connectivity index (χ2v) is 9.68. The third-order valence-electron chi connectivity index (χ3n) is 7.02. The van der Waals surface area contributed by atoms with Crippen molar-refractivity contribution in [2.45, 2.75) is 58.0 Å². The first-order valence-corrected chi connectivity index (χ1v) is 12.3. The van der Waals surface area contributed by atoms with Gasteiger partial charge in [-0.3, -0.25) is 9.79 Å². The van der Waals surface area contributed by atoms with Crippen LogP contribution in [0.3, 0.4) is 0 Å². The molecule has 0 saturated carbocycles. The molecule has 1 spiro atoms. The van der Waals surface area contributed by atoms with Crippen LogP contribution in [0.4, 0.5) is 0 Å². The monoisotopic (exact) mass is 471 g/mol. The van der Waals surface area contributed by atoms with Gasteiger partial charge in [0.1, 0.15) is 11.8 Å². The average molecular weight is 472 g/mol. The van der Waals surface area contributed by atoms with Crippen LogP contribution in [0.15, 0.2) is 48.0 Å². The minimum absolute atomic E-state index is 0.0126. The van der Waals surface area contributed by atoms with Crippen molar-refractivity contribution >= 4 is 17.3 Å². The Morgan fingerprint density at radius 2 is 2.14 bits per heavy atom. The van der Waals surface area contributed by atoms with E-state index in [9.17, 15) is 15.2 Å². The van der Waals surface area contributed by atoms with Crippen LogP contribution in [0.2, 0.25) is 0 Å². The van der Waals surface area contributed by atoms with E-state index in [2.05, 4.69) is 24.8 Å². The van der Waals surface area contributed by atoms with Crippen molar-refractivity contribution < 1.29 is 14.6 Å². The lowest BCUT2D eigenvalue weighted by atomic mass is 9.80. The summed E-state index contributed by atoms with van der Waals surface area (Å²) in [4.78, 5) is 19.3. The third kappa shape index (κ3) is 4.74. The normalized spacial score (nSPS) is 19.4. The van der Waals surface area contributed by atoms with Crippen LogP contribution in [0.1, 0.15) is 67.9 Å². The Bertz CT molecular complexity index is 1220. The van der Waals surface area contributed by atoms with E-state index >= 15 is 0 Å². The number of aliphatic hydroxyl groups is 1. The van der Waals surface area contributed by atoms with Crippen molar-refractivity contribution in [2.24, 2.45) is 4.99 Å². The number of nitriles is 1. The number of carbonyl (C=O) groups excluding carboxylic acids is 1. The molecule has 1 unspecified atom stereocenters. The summed E-state index contributed by atoms with van der Waals surface area (Å²) in [5.41, 5.74) is 6.16. The van der Waals surface area contributed by atoms with Crippen LogP contribution in [0.5, 0.6) is 5.75 Å². The van der Waals surface area contributed by atoms with Crippen molar-refractivity contribution in [1.82, 2.24) is 4.90 Å². The zero-order valence-corrected chi connectivity index (χ0v) is 20.8. The molecule has 2 aromatic carbocycles. The van der Waals surface area contributed by atoms with E-state index in [0.717, 1.165) is 29.7 Å². The van der Waals surface area contributed by atoms with Gasteiger partial charge in [-0.25, -0.2) is 0 Å². The Labute approximate surface area is 207 Å². The van der Waals surface area contributed by atoms with Gasteiger partial charge in [-0.2, -0.15) is 5.26 Å². The predicted octanol–water partition coefficient (Wildman–Crippen LogP) is 4.62. The maximum absolute atomic E-state index is 12.6. The van der Waals surface area contributed by atoms with Crippen molar-refractivity contribution in [2.75, 3.05) is 19.7 Å². The van der Waals surface area contributed by atoms with E-state index < -0.39 is 0 Å².